The van der Waals surface area contributed by atoms with Gasteiger partial charge in [0.2, 0.25) is 0 Å². The van der Waals surface area contributed by atoms with E-state index in [-0.39, 0.29) is 35.0 Å². The molecular weight excluding hydrogens is 316 g/mol. The fourth-order valence-electron chi connectivity index (χ4n) is 3.08. The number of carbonyl (C=O) groups is 1. The minimum absolute atomic E-state index is 0. The van der Waals surface area contributed by atoms with E-state index in [4.69, 9.17) is 5.73 Å². The van der Waals surface area contributed by atoms with Gasteiger partial charge in [-0.3, -0.25) is 14.0 Å². The Morgan fingerprint density at radius 2 is 2.09 bits per heavy atom. The van der Waals surface area contributed by atoms with Crippen molar-refractivity contribution in [3.05, 3.63) is 46.0 Å². The molecule has 1 amide bonds. The number of rotatable bonds is 3. The monoisotopic (exact) mass is 336 g/mol. The van der Waals surface area contributed by atoms with Gasteiger partial charge in [-0.15, -0.1) is 12.4 Å². The number of nitrogens with one attached hydrogen (secondary N) is 1. The largest absolute Gasteiger partial charge is 0.345 e. The van der Waals surface area contributed by atoms with Gasteiger partial charge >= 0.3 is 0 Å². The van der Waals surface area contributed by atoms with Crippen LogP contribution in [-0.2, 0) is 0 Å². The maximum atomic E-state index is 12.5. The molecular formula is C16H21ClN4O2. The number of amides is 1. The lowest BCUT2D eigenvalue weighted by atomic mass is 9.97. The minimum Gasteiger partial charge on any atom is -0.345 e. The van der Waals surface area contributed by atoms with Gasteiger partial charge in [0, 0.05) is 18.9 Å². The maximum Gasteiger partial charge on any atom is 0.270 e. The van der Waals surface area contributed by atoms with Gasteiger partial charge in [-0.05, 0) is 31.4 Å². The molecule has 0 unspecified atom stereocenters. The molecule has 0 saturated heterocycles. The molecule has 2 aromatic rings. The first-order valence-corrected chi connectivity index (χ1v) is 7.55. The van der Waals surface area contributed by atoms with E-state index < -0.39 is 0 Å². The van der Waals surface area contributed by atoms with Crippen LogP contribution in [-0.4, -0.2) is 27.4 Å². The summed E-state index contributed by atoms with van der Waals surface area (Å²) in [5.74, 6) is -0.388. The van der Waals surface area contributed by atoms with Crippen LogP contribution in [0, 0.1) is 6.92 Å². The highest BCUT2D eigenvalue weighted by Gasteiger charge is 2.34. The summed E-state index contributed by atoms with van der Waals surface area (Å²) in [5, 5.41) is 2.96. The normalized spacial score (nSPS) is 16.1. The van der Waals surface area contributed by atoms with E-state index in [1.807, 2.05) is 13.0 Å². The number of nitrogens with two attached hydrogens (primary N) is 1. The molecule has 0 radical (unpaired) electrons. The van der Waals surface area contributed by atoms with Crippen molar-refractivity contribution in [3.8, 4) is 0 Å². The predicted octanol–water partition coefficient (Wildman–Crippen LogP) is 1.43. The van der Waals surface area contributed by atoms with E-state index in [1.165, 1.54) is 10.6 Å². The summed E-state index contributed by atoms with van der Waals surface area (Å²) >= 11 is 0. The Hall–Kier alpha value is -1.92. The molecule has 1 aliphatic rings. The zero-order chi connectivity index (χ0) is 15.7. The molecule has 0 atom stereocenters. The second-order valence-corrected chi connectivity index (χ2v) is 6.06. The molecule has 0 aliphatic heterocycles. The first-order chi connectivity index (χ1) is 10.5. The number of hydrogen-bond donors (Lipinski definition) is 2. The topological polar surface area (TPSA) is 89.5 Å². The van der Waals surface area contributed by atoms with Crippen molar-refractivity contribution in [3.63, 3.8) is 0 Å². The minimum atomic E-state index is -0.388. The van der Waals surface area contributed by atoms with Crippen LogP contribution in [0.1, 0.15) is 41.6 Å². The third-order valence-electron chi connectivity index (χ3n) is 4.42. The lowest BCUT2D eigenvalue weighted by Crippen LogP contribution is -2.52. The molecule has 124 valence electrons. The number of nitrogens with zero attached hydrogens (tertiary/aromatic N) is 2. The summed E-state index contributed by atoms with van der Waals surface area (Å²) in [4.78, 5) is 29.2. The molecule has 3 rings (SSSR count). The van der Waals surface area contributed by atoms with Crippen LogP contribution < -0.4 is 16.6 Å². The summed E-state index contributed by atoms with van der Waals surface area (Å²) in [6, 6.07) is 3.64. The van der Waals surface area contributed by atoms with Crippen LogP contribution in [0.4, 0.5) is 0 Å². The lowest BCUT2D eigenvalue weighted by Gasteiger charge is -2.28. The average Bonchev–Trinajstić information content (AvgIpc) is 2.97. The second-order valence-electron chi connectivity index (χ2n) is 6.06. The molecule has 3 N–H and O–H groups in total. The number of fused-ring (bicyclic) bond motifs is 1. The number of aromatic nitrogens is 2. The number of halogens is 1. The summed E-state index contributed by atoms with van der Waals surface area (Å²) in [7, 11) is 0. The quantitative estimate of drug-likeness (QED) is 0.887. The standard InChI is InChI=1S/C16H20N4O2.ClH/c1-11-4-5-13-18-8-12(15(22)20(13)9-11)14(21)19-16(10-17)6-2-3-7-16;/h4-5,8-9H,2-3,6-7,10,17H2,1H3,(H,19,21);1H. The average molecular weight is 337 g/mol. The molecule has 0 spiro atoms. The number of pyridine rings is 1. The van der Waals surface area contributed by atoms with Gasteiger partial charge < -0.3 is 11.1 Å². The van der Waals surface area contributed by atoms with Gasteiger partial charge in [0.1, 0.15) is 11.2 Å². The van der Waals surface area contributed by atoms with Crippen molar-refractivity contribution in [2.24, 2.45) is 5.73 Å². The highest BCUT2D eigenvalue weighted by molar-refractivity contribution is 5.94. The number of aryl methyl sites for hydroxylation is 1. The molecule has 0 aromatic carbocycles. The molecule has 6 nitrogen and oxygen atoms in total. The summed E-state index contributed by atoms with van der Waals surface area (Å²) in [6.07, 6.45) is 6.85. The van der Waals surface area contributed by atoms with E-state index in [0.29, 0.717) is 12.2 Å². The van der Waals surface area contributed by atoms with E-state index in [2.05, 4.69) is 10.3 Å². The van der Waals surface area contributed by atoms with Gasteiger partial charge in [-0.1, -0.05) is 18.9 Å². The zero-order valence-corrected chi connectivity index (χ0v) is 13.9. The van der Waals surface area contributed by atoms with Crippen molar-refractivity contribution in [2.75, 3.05) is 6.54 Å². The number of hydrogen-bond acceptors (Lipinski definition) is 4. The highest BCUT2D eigenvalue weighted by Crippen LogP contribution is 2.28. The van der Waals surface area contributed by atoms with Crippen molar-refractivity contribution in [1.82, 2.24) is 14.7 Å². The molecule has 2 heterocycles. The van der Waals surface area contributed by atoms with E-state index in [1.54, 1.807) is 12.3 Å². The van der Waals surface area contributed by atoms with E-state index in [9.17, 15) is 9.59 Å². The van der Waals surface area contributed by atoms with Gasteiger partial charge in [-0.2, -0.15) is 0 Å². The summed E-state index contributed by atoms with van der Waals surface area (Å²) < 4.78 is 1.41. The van der Waals surface area contributed by atoms with Crippen LogP contribution in [0.15, 0.2) is 29.3 Å². The Morgan fingerprint density at radius 3 is 2.74 bits per heavy atom. The van der Waals surface area contributed by atoms with Crippen molar-refractivity contribution in [1.29, 1.82) is 0 Å². The summed E-state index contributed by atoms with van der Waals surface area (Å²) in [5.41, 5.74) is 6.62. The van der Waals surface area contributed by atoms with Crippen LogP contribution in [0.5, 0.6) is 0 Å². The van der Waals surface area contributed by atoms with Gasteiger partial charge in [0.25, 0.3) is 11.5 Å². The first kappa shape index (κ1) is 17.4. The Labute approximate surface area is 140 Å². The maximum absolute atomic E-state index is 12.5. The highest BCUT2D eigenvalue weighted by atomic mass is 35.5. The molecule has 23 heavy (non-hydrogen) atoms. The SMILES string of the molecule is Cc1ccc2ncc(C(=O)NC3(CN)CCCC3)c(=O)n2c1.Cl. The van der Waals surface area contributed by atoms with E-state index in [0.717, 1.165) is 31.2 Å². The van der Waals surface area contributed by atoms with Crippen molar-refractivity contribution in [2.45, 2.75) is 38.1 Å². The fraction of sp³-hybridized carbons (Fsp3) is 0.438. The Balaban J connectivity index is 0.00000192. The third-order valence-corrected chi connectivity index (χ3v) is 4.42. The third kappa shape index (κ3) is 3.23. The van der Waals surface area contributed by atoms with Gasteiger partial charge in [0.05, 0.1) is 5.54 Å². The molecule has 1 fully saturated rings. The van der Waals surface area contributed by atoms with Crippen molar-refractivity contribution >= 4 is 24.0 Å². The van der Waals surface area contributed by atoms with Gasteiger partial charge in [0.15, 0.2) is 0 Å². The van der Waals surface area contributed by atoms with Crippen LogP contribution >= 0.6 is 12.4 Å². The molecule has 7 heteroatoms. The zero-order valence-electron chi connectivity index (χ0n) is 13.0. The number of carbonyl (C=O) groups excluding carboxylic acids is 1. The van der Waals surface area contributed by atoms with E-state index >= 15 is 0 Å². The molecule has 2 aromatic heterocycles. The predicted molar refractivity (Wildman–Crippen MR) is 91.2 cm³/mol. The summed E-state index contributed by atoms with van der Waals surface area (Å²) in [6.45, 7) is 2.28. The van der Waals surface area contributed by atoms with Crippen LogP contribution in [0.3, 0.4) is 0 Å². The Bertz CT molecular complexity index is 781. The molecule has 1 aliphatic carbocycles. The second kappa shape index (κ2) is 6.68. The van der Waals surface area contributed by atoms with Crippen molar-refractivity contribution < 1.29 is 4.79 Å². The molecule has 0 bridgehead atoms. The van der Waals surface area contributed by atoms with Gasteiger partial charge in [-0.25, -0.2) is 4.98 Å². The Morgan fingerprint density at radius 1 is 1.39 bits per heavy atom. The Kier molecular flexibility index (Phi) is 5.06. The fourth-order valence-corrected chi connectivity index (χ4v) is 3.08. The van der Waals surface area contributed by atoms with Crippen LogP contribution in [0.25, 0.3) is 5.65 Å². The molecule has 1 saturated carbocycles. The van der Waals surface area contributed by atoms with Crippen LogP contribution in [0.2, 0.25) is 0 Å². The smallest absolute Gasteiger partial charge is 0.270 e. The lowest BCUT2D eigenvalue weighted by molar-refractivity contribution is 0.0901. The first-order valence-electron chi connectivity index (χ1n) is 7.55.